The molecule has 0 radical (unpaired) electrons. The van der Waals surface area contributed by atoms with Crippen LogP contribution < -0.4 is 11.1 Å². The Morgan fingerprint density at radius 1 is 1.52 bits per heavy atom. The van der Waals surface area contributed by atoms with Gasteiger partial charge in [-0.05, 0) is 40.8 Å². The van der Waals surface area contributed by atoms with Gasteiger partial charge < -0.3 is 20.2 Å². The Morgan fingerprint density at radius 3 is 2.67 bits per heavy atom. The van der Waals surface area contributed by atoms with E-state index in [1.807, 2.05) is 40.8 Å². The van der Waals surface area contributed by atoms with Crippen molar-refractivity contribution in [3.05, 3.63) is 24.2 Å². The van der Waals surface area contributed by atoms with Crippen molar-refractivity contribution < 1.29 is 13.9 Å². The Labute approximate surface area is 126 Å². The van der Waals surface area contributed by atoms with E-state index >= 15 is 0 Å². The molecule has 6 heteroatoms. The Hall–Kier alpha value is -1.53. The molecule has 6 nitrogen and oxygen atoms in total. The number of likely N-dealkylation sites (N-methyl/N-ethyl adjacent to an activating group) is 1. The highest BCUT2D eigenvalue weighted by atomic mass is 16.6. The zero-order valence-corrected chi connectivity index (χ0v) is 13.6. The molecule has 0 bridgehead atoms. The summed E-state index contributed by atoms with van der Waals surface area (Å²) >= 11 is 0. The van der Waals surface area contributed by atoms with Gasteiger partial charge in [0.2, 0.25) is 0 Å². The van der Waals surface area contributed by atoms with Gasteiger partial charge in [-0.15, -0.1) is 0 Å². The maximum Gasteiger partial charge on any atom is 0.407 e. The summed E-state index contributed by atoms with van der Waals surface area (Å²) in [6, 6.07) is 1.80. The smallest absolute Gasteiger partial charge is 0.407 e. The summed E-state index contributed by atoms with van der Waals surface area (Å²) in [6.07, 6.45) is 2.92. The second-order valence-corrected chi connectivity index (χ2v) is 6.28. The van der Waals surface area contributed by atoms with Gasteiger partial charge in [-0.3, -0.25) is 4.90 Å². The van der Waals surface area contributed by atoms with Crippen LogP contribution in [0.15, 0.2) is 23.0 Å². The minimum atomic E-state index is -0.509. The summed E-state index contributed by atoms with van der Waals surface area (Å²) in [6.45, 7) is 8.57. The lowest BCUT2D eigenvalue weighted by molar-refractivity contribution is 0.0476. The number of furan rings is 1. The van der Waals surface area contributed by atoms with Crippen LogP contribution in [0.25, 0.3) is 0 Å². The van der Waals surface area contributed by atoms with Crippen LogP contribution in [-0.4, -0.2) is 42.3 Å². The molecular weight excluding hydrogens is 270 g/mol. The first kappa shape index (κ1) is 17.5. The van der Waals surface area contributed by atoms with E-state index in [9.17, 15) is 4.79 Å². The van der Waals surface area contributed by atoms with Crippen LogP contribution in [0.2, 0.25) is 0 Å². The zero-order chi connectivity index (χ0) is 16.0. The molecule has 1 rings (SSSR count). The average Bonchev–Trinajstić information content (AvgIpc) is 2.79. The highest BCUT2D eigenvalue weighted by molar-refractivity contribution is 5.68. The van der Waals surface area contributed by atoms with E-state index in [1.54, 1.807) is 12.5 Å². The summed E-state index contributed by atoms with van der Waals surface area (Å²) < 4.78 is 10.3. The number of rotatable bonds is 6. The number of nitrogens with zero attached hydrogens (tertiary/aromatic N) is 1. The van der Waals surface area contributed by atoms with E-state index in [0.29, 0.717) is 13.1 Å². The summed E-state index contributed by atoms with van der Waals surface area (Å²) in [7, 11) is 1.97. The van der Waals surface area contributed by atoms with E-state index in [0.717, 1.165) is 5.56 Å². The molecule has 0 saturated carbocycles. The van der Waals surface area contributed by atoms with Crippen molar-refractivity contribution in [2.24, 2.45) is 5.73 Å². The van der Waals surface area contributed by atoms with Crippen LogP contribution in [0.5, 0.6) is 0 Å². The predicted molar refractivity (Wildman–Crippen MR) is 81.8 cm³/mol. The van der Waals surface area contributed by atoms with Crippen LogP contribution in [-0.2, 0) is 11.3 Å². The second kappa shape index (κ2) is 7.47. The molecular formula is C15H27N3O3. The number of carbonyl (C=O) groups excluding carboxylic acids is 1. The lowest BCUT2D eigenvalue weighted by Crippen LogP contribution is -2.53. The van der Waals surface area contributed by atoms with Gasteiger partial charge in [-0.2, -0.15) is 0 Å². The molecule has 21 heavy (non-hydrogen) atoms. The highest BCUT2D eigenvalue weighted by Crippen LogP contribution is 2.11. The lowest BCUT2D eigenvalue weighted by atomic mass is 10.1. The van der Waals surface area contributed by atoms with Crippen molar-refractivity contribution in [3.8, 4) is 0 Å². The molecule has 0 fully saturated rings. The molecule has 0 aromatic carbocycles. The first-order chi connectivity index (χ1) is 9.73. The van der Waals surface area contributed by atoms with Gasteiger partial charge in [-0.1, -0.05) is 0 Å². The fourth-order valence-electron chi connectivity index (χ4n) is 2.14. The molecule has 0 aliphatic heterocycles. The van der Waals surface area contributed by atoms with Crippen LogP contribution in [0.4, 0.5) is 4.79 Å². The van der Waals surface area contributed by atoms with Gasteiger partial charge in [-0.25, -0.2) is 4.79 Å². The molecule has 2 unspecified atom stereocenters. The van der Waals surface area contributed by atoms with Gasteiger partial charge in [0, 0.05) is 30.7 Å². The van der Waals surface area contributed by atoms with E-state index in [2.05, 4.69) is 10.2 Å². The summed E-state index contributed by atoms with van der Waals surface area (Å²) in [5.74, 6) is 0. The van der Waals surface area contributed by atoms with Gasteiger partial charge in [0.1, 0.15) is 5.60 Å². The number of hydrogen-bond acceptors (Lipinski definition) is 5. The van der Waals surface area contributed by atoms with Crippen molar-refractivity contribution >= 4 is 6.09 Å². The monoisotopic (exact) mass is 297 g/mol. The van der Waals surface area contributed by atoms with Gasteiger partial charge in [0.15, 0.2) is 0 Å². The van der Waals surface area contributed by atoms with Crippen molar-refractivity contribution in [1.82, 2.24) is 10.2 Å². The van der Waals surface area contributed by atoms with Gasteiger partial charge in [0.25, 0.3) is 0 Å². The number of nitrogens with two attached hydrogens (primary N) is 1. The molecule has 3 N–H and O–H groups in total. The molecule has 1 heterocycles. The highest BCUT2D eigenvalue weighted by Gasteiger charge is 2.24. The normalized spacial score (nSPS) is 14.8. The number of ether oxygens (including phenoxy) is 1. The fraction of sp³-hybridized carbons (Fsp3) is 0.667. The standard InChI is InChI=1S/C15H27N3O3/c1-11(17-14(19)21-15(2,3)4)13(8-16)18(5)9-12-6-7-20-10-12/h6-7,10-11,13H,8-9,16H2,1-5H3,(H,17,19). The molecule has 1 aromatic rings. The molecule has 2 atom stereocenters. The summed E-state index contributed by atoms with van der Waals surface area (Å²) in [5, 5.41) is 2.84. The predicted octanol–water partition coefficient (Wildman–Crippen LogP) is 1.95. The third kappa shape index (κ3) is 6.18. The quantitative estimate of drug-likeness (QED) is 0.839. The van der Waals surface area contributed by atoms with Gasteiger partial charge in [0.05, 0.1) is 12.5 Å². The number of nitrogens with one attached hydrogen (secondary N) is 1. The maximum absolute atomic E-state index is 11.8. The molecule has 0 spiro atoms. The SMILES string of the molecule is CC(NC(=O)OC(C)(C)C)C(CN)N(C)Cc1ccoc1. The van der Waals surface area contributed by atoms with E-state index < -0.39 is 11.7 Å². The Balaban J connectivity index is 2.55. The molecule has 0 aliphatic carbocycles. The fourth-order valence-corrected chi connectivity index (χ4v) is 2.14. The zero-order valence-electron chi connectivity index (χ0n) is 13.6. The van der Waals surface area contributed by atoms with Crippen LogP contribution >= 0.6 is 0 Å². The van der Waals surface area contributed by atoms with Gasteiger partial charge >= 0.3 is 6.09 Å². The van der Waals surface area contributed by atoms with Crippen molar-refractivity contribution in [2.45, 2.75) is 51.9 Å². The topological polar surface area (TPSA) is 80.7 Å². The Kier molecular flexibility index (Phi) is 6.23. The van der Waals surface area contributed by atoms with E-state index in [1.165, 1.54) is 0 Å². The van der Waals surface area contributed by atoms with E-state index in [4.69, 9.17) is 14.9 Å². The third-order valence-corrected chi connectivity index (χ3v) is 3.14. The maximum atomic E-state index is 11.8. The molecule has 0 aliphatic rings. The van der Waals surface area contributed by atoms with Crippen LogP contribution in [0, 0.1) is 0 Å². The number of alkyl carbamates (subject to hydrolysis) is 1. The molecule has 1 amide bonds. The van der Waals surface area contributed by atoms with Crippen LogP contribution in [0.1, 0.15) is 33.3 Å². The summed E-state index contributed by atoms with van der Waals surface area (Å²) in [4.78, 5) is 13.9. The van der Waals surface area contributed by atoms with Crippen molar-refractivity contribution in [2.75, 3.05) is 13.6 Å². The lowest BCUT2D eigenvalue weighted by Gasteiger charge is -2.32. The summed E-state index contributed by atoms with van der Waals surface area (Å²) in [5.41, 5.74) is 6.41. The van der Waals surface area contributed by atoms with E-state index in [-0.39, 0.29) is 12.1 Å². The first-order valence-corrected chi connectivity index (χ1v) is 7.14. The molecule has 1 aromatic heterocycles. The minimum absolute atomic E-state index is 0.00687. The number of carbonyl (C=O) groups is 1. The minimum Gasteiger partial charge on any atom is -0.472 e. The first-order valence-electron chi connectivity index (χ1n) is 7.14. The second-order valence-electron chi connectivity index (χ2n) is 6.28. The van der Waals surface area contributed by atoms with Crippen LogP contribution in [0.3, 0.4) is 0 Å². The Morgan fingerprint density at radius 2 is 2.19 bits per heavy atom. The number of amides is 1. The average molecular weight is 297 g/mol. The third-order valence-electron chi connectivity index (χ3n) is 3.14. The molecule has 0 saturated heterocycles. The Bertz CT molecular complexity index is 426. The molecule has 120 valence electrons. The largest absolute Gasteiger partial charge is 0.472 e. The van der Waals surface area contributed by atoms with Crippen molar-refractivity contribution in [1.29, 1.82) is 0 Å². The van der Waals surface area contributed by atoms with Crippen molar-refractivity contribution in [3.63, 3.8) is 0 Å². The number of hydrogen-bond donors (Lipinski definition) is 2.